The largest absolute Gasteiger partial charge is 0.493 e. The summed E-state index contributed by atoms with van der Waals surface area (Å²) < 4.78 is 19.2. The van der Waals surface area contributed by atoms with Gasteiger partial charge in [-0.3, -0.25) is 0 Å². The minimum Gasteiger partial charge on any atom is -0.493 e. The molecule has 1 unspecified atom stereocenters. The van der Waals surface area contributed by atoms with E-state index in [9.17, 15) is 9.50 Å². The van der Waals surface area contributed by atoms with Gasteiger partial charge in [-0.15, -0.1) is 0 Å². The number of rotatable bonds is 4. The molecule has 0 fully saturated rings. The van der Waals surface area contributed by atoms with E-state index in [1.165, 1.54) is 6.07 Å². The Bertz CT molecular complexity index is 657. The van der Waals surface area contributed by atoms with Crippen molar-refractivity contribution in [2.75, 3.05) is 6.61 Å². The third-order valence-electron chi connectivity index (χ3n) is 3.69. The zero-order chi connectivity index (χ0) is 14.8. The second kappa shape index (κ2) is 6.04. The molecule has 2 aromatic rings. The lowest BCUT2D eigenvalue weighted by molar-refractivity contribution is 0.173. The van der Waals surface area contributed by atoms with Crippen LogP contribution < -0.4 is 4.74 Å². The van der Waals surface area contributed by atoms with Gasteiger partial charge in [-0.25, -0.2) is 4.39 Å². The van der Waals surface area contributed by atoms with E-state index in [0.29, 0.717) is 23.6 Å². The summed E-state index contributed by atoms with van der Waals surface area (Å²) >= 11 is 6.10. The lowest BCUT2D eigenvalue weighted by Gasteiger charge is -2.14. The Hall–Kier alpha value is -1.58. The van der Waals surface area contributed by atoms with Gasteiger partial charge in [-0.2, -0.15) is 0 Å². The van der Waals surface area contributed by atoms with Crippen LogP contribution in [0.2, 0.25) is 5.02 Å². The van der Waals surface area contributed by atoms with E-state index in [4.69, 9.17) is 16.3 Å². The zero-order valence-electron chi connectivity index (χ0n) is 11.5. The number of aliphatic hydroxyl groups excluding tert-OH is 1. The monoisotopic (exact) mass is 306 g/mol. The molecule has 0 aliphatic carbocycles. The minimum absolute atomic E-state index is 0.272. The van der Waals surface area contributed by atoms with Gasteiger partial charge in [0.25, 0.3) is 0 Å². The van der Waals surface area contributed by atoms with Gasteiger partial charge in [0.1, 0.15) is 11.6 Å². The highest BCUT2D eigenvalue weighted by Crippen LogP contribution is 2.33. The lowest BCUT2D eigenvalue weighted by atomic mass is 9.98. The van der Waals surface area contributed by atoms with Crippen molar-refractivity contribution in [3.05, 3.63) is 63.9 Å². The van der Waals surface area contributed by atoms with Crippen LogP contribution in [0.4, 0.5) is 4.39 Å². The van der Waals surface area contributed by atoms with E-state index in [2.05, 4.69) is 0 Å². The molecule has 0 saturated carbocycles. The van der Waals surface area contributed by atoms with E-state index in [0.717, 1.165) is 23.3 Å². The molecule has 0 radical (unpaired) electrons. The van der Waals surface area contributed by atoms with Gasteiger partial charge in [-0.05, 0) is 34.9 Å². The molecule has 1 atom stereocenters. The van der Waals surface area contributed by atoms with Gasteiger partial charge in [0, 0.05) is 24.3 Å². The second-order valence-electron chi connectivity index (χ2n) is 5.31. The van der Waals surface area contributed by atoms with Crippen LogP contribution in [0.15, 0.2) is 36.4 Å². The van der Waals surface area contributed by atoms with E-state index in [1.54, 1.807) is 18.2 Å². The molecule has 1 heterocycles. The fourth-order valence-electron chi connectivity index (χ4n) is 2.74. The summed E-state index contributed by atoms with van der Waals surface area (Å²) in [5, 5.41) is 10.9. The van der Waals surface area contributed by atoms with Gasteiger partial charge in [-0.1, -0.05) is 29.8 Å². The molecule has 0 spiro atoms. The van der Waals surface area contributed by atoms with Crippen molar-refractivity contribution in [2.24, 2.45) is 0 Å². The minimum atomic E-state index is -0.673. The summed E-state index contributed by atoms with van der Waals surface area (Å²) in [6, 6.07) is 10.2. The van der Waals surface area contributed by atoms with Crippen molar-refractivity contribution in [3.8, 4) is 5.75 Å². The predicted octanol–water partition coefficient (Wildman–Crippen LogP) is 3.56. The number of hydrogen-bond donors (Lipinski definition) is 1. The average Bonchev–Trinajstić information content (AvgIpc) is 2.89. The fraction of sp³-hybridized carbons (Fsp3) is 0.294. The summed E-state index contributed by atoms with van der Waals surface area (Å²) in [7, 11) is 0. The Kier molecular flexibility index (Phi) is 4.13. The molecule has 1 aliphatic heterocycles. The molecule has 0 amide bonds. The number of benzene rings is 2. The first-order valence-corrected chi connectivity index (χ1v) is 7.37. The van der Waals surface area contributed by atoms with Gasteiger partial charge in [0.15, 0.2) is 0 Å². The zero-order valence-corrected chi connectivity index (χ0v) is 12.2. The first-order valence-electron chi connectivity index (χ1n) is 6.99. The number of aliphatic hydroxyl groups is 1. The summed E-state index contributed by atoms with van der Waals surface area (Å²) in [5.41, 5.74) is 2.49. The number of hydrogen-bond acceptors (Lipinski definition) is 2. The first-order chi connectivity index (χ1) is 10.1. The van der Waals surface area contributed by atoms with Crippen LogP contribution in [-0.2, 0) is 19.3 Å². The standard InChI is InChI=1S/C17H16ClFO2/c18-14-7-12-5-6-21-17(12)13(8-14)10-15(20)9-11-3-1-2-4-16(11)19/h1-4,7-8,15,20H,5-6,9-10H2. The quantitative estimate of drug-likeness (QED) is 0.936. The van der Waals surface area contributed by atoms with Crippen LogP contribution in [0.25, 0.3) is 0 Å². The Labute approximate surface area is 128 Å². The molecular formula is C17H16ClFO2. The maximum atomic E-state index is 13.6. The van der Waals surface area contributed by atoms with Crippen LogP contribution in [0.1, 0.15) is 16.7 Å². The van der Waals surface area contributed by atoms with Crippen molar-refractivity contribution in [2.45, 2.75) is 25.4 Å². The Morgan fingerprint density at radius 3 is 2.76 bits per heavy atom. The highest BCUT2D eigenvalue weighted by molar-refractivity contribution is 6.30. The third-order valence-corrected chi connectivity index (χ3v) is 3.91. The Morgan fingerprint density at radius 2 is 1.95 bits per heavy atom. The Morgan fingerprint density at radius 1 is 1.19 bits per heavy atom. The number of halogens is 2. The molecule has 2 nitrogen and oxygen atoms in total. The Balaban J connectivity index is 1.77. The van der Waals surface area contributed by atoms with Gasteiger partial charge < -0.3 is 9.84 Å². The SMILES string of the molecule is OC(Cc1ccccc1F)Cc1cc(Cl)cc2c1OCC2. The highest BCUT2D eigenvalue weighted by Gasteiger charge is 2.20. The summed E-state index contributed by atoms with van der Waals surface area (Å²) in [6.45, 7) is 0.645. The van der Waals surface area contributed by atoms with Crippen LogP contribution in [0.3, 0.4) is 0 Å². The van der Waals surface area contributed by atoms with Crippen molar-refractivity contribution in [1.82, 2.24) is 0 Å². The van der Waals surface area contributed by atoms with Crippen LogP contribution in [0.5, 0.6) is 5.75 Å². The average molecular weight is 307 g/mol. The van der Waals surface area contributed by atoms with Gasteiger partial charge in [0.05, 0.1) is 12.7 Å². The number of fused-ring (bicyclic) bond motifs is 1. The fourth-order valence-corrected chi connectivity index (χ4v) is 3.00. The highest BCUT2D eigenvalue weighted by atomic mass is 35.5. The van der Waals surface area contributed by atoms with E-state index in [-0.39, 0.29) is 12.2 Å². The van der Waals surface area contributed by atoms with Crippen molar-refractivity contribution >= 4 is 11.6 Å². The van der Waals surface area contributed by atoms with E-state index < -0.39 is 6.10 Å². The molecule has 4 heteroatoms. The molecule has 1 aliphatic rings. The molecule has 0 aromatic heterocycles. The molecule has 3 rings (SSSR count). The van der Waals surface area contributed by atoms with E-state index >= 15 is 0 Å². The molecule has 0 bridgehead atoms. The maximum Gasteiger partial charge on any atom is 0.126 e. The topological polar surface area (TPSA) is 29.5 Å². The third kappa shape index (κ3) is 3.20. The molecule has 2 aromatic carbocycles. The lowest BCUT2D eigenvalue weighted by Crippen LogP contribution is -2.15. The second-order valence-corrected chi connectivity index (χ2v) is 5.74. The van der Waals surface area contributed by atoms with Crippen molar-refractivity contribution in [1.29, 1.82) is 0 Å². The molecule has 1 N–H and O–H groups in total. The van der Waals surface area contributed by atoms with Gasteiger partial charge >= 0.3 is 0 Å². The molecule has 110 valence electrons. The summed E-state index contributed by atoms with van der Waals surface area (Å²) in [5.74, 6) is 0.538. The normalized spacial score (nSPS) is 14.6. The van der Waals surface area contributed by atoms with Crippen LogP contribution in [0, 0.1) is 5.82 Å². The van der Waals surface area contributed by atoms with Crippen LogP contribution in [-0.4, -0.2) is 17.8 Å². The maximum absolute atomic E-state index is 13.6. The van der Waals surface area contributed by atoms with Crippen molar-refractivity contribution < 1.29 is 14.2 Å². The summed E-state index contributed by atoms with van der Waals surface area (Å²) in [4.78, 5) is 0. The van der Waals surface area contributed by atoms with E-state index in [1.807, 2.05) is 12.1 Å². The van der Waals surface area contributed by atoms with Gasteiger partial charge in [0.2, 0.25) is 0 Å². The van der Waals surface area contributed by atoms with Crippen molar-refractivity contribution in [3.63, 3.8) is 0 Å². The first kappa shape index (κ1) is 14.4. The summed E-state index contributed by atoms with van der Waals surface area (Å²) in [6.07, 6.45) is 0.839. The molecular weight excluding hydrogens is 291 g/mol. The predicted molar refractivity (Wildman–Crippen MR) is 80.5 cm³/mol. The smallest absolute Gasteiger partial charge is 0.126 e. The molecule has 0 saturated heterocycles. The van der Waals surface area contributed by atoms with Crippen LogP contribution >= 0.6 is 11.6 Å². The number of ether oxygens (including phenoxy) is 1. The molecule has 21 heavy (non-hydrogen) atoms.